The van der Waals surface area contributed by atoms with E-state index in [4.69, 9.17) is 0 Å². The molecule has 0 heteroatoms. The summed E-state index contributed by atoms with van der Waals surface area (Å²) in [6, 6.07) is 0. The Hall–Kier alpha value is 0. The van der Waals surface area contributed by atoms with Crippen molar-refractivity contribution < 1.29 is 0 Å². The van der Waals surface area contributed by atoms with Crippen molar-refractivity contribution in [1.82, 2.24) is 0 Å². The van der Waals surface area contributed by atoms with Crippen molar-refractivity contribution in [2.45, 2.75) is 91.4 Å². The minimum absolute atomic E-state index is 1.01. The Kier molecular flexibility index (Phi) is 5.33. The van der Waals surface area contributed by atoms with E-state index < -0.39 is 0 Å². The molecule has 0 aliphatic heterocycles. The zero-order valence-corrected chi connectivity index (χ0v) is 14.8. The second-order valence-corrected chi connectivity index (χ2v) is 8.79. The smallest absolute Gasteiger partial charge is 0.0324 e. The lowest BCUT2D eigenvalue weighted by Gasteiger charge is -2.49. The highest BCUT2D eigenvalue weighted by Crippen LogP contribution is 2.56. The zero-order chi connectivity index (χ0) is 14.8. The van der Waals surface area contributed by atoms with Crippen molar-refractivity contribution in [2.24, 2.45) is 41.4 Å². The van der Waals surface area contributed by atoms with E-state index in [-0.39, 0.29) is 0 Å². The van der Waals surface area contributed by atoms with Gasteiger partial charge in [-0.25, -0.2) is 0 Å². The summed E-state index contributed by atoms with van der Waals surface area (Å²) in [5.41, 5.74) is 0. The Labute approximate surface area is 133 Å². The SMILES string of the molecule is CCCC1C(C)CC2CCCC2C1C1CCC(CC)CC1. The van der Waals surface area contributed by atoms with Gasteiger partial charge in [0.2, 0.25) is 0 Å². The van der Waals surface area contributed by atoms with Crippen LogP contribution >= 0.6 is 0 Å². The van der Waals surface area contributed by atoms with E-state index in [9.17, 15) is 0 Å². The van der Waals surface area contributed by atoms with Gasteiger partial charge in [0, 0.05) is 0 Å². The summed E-state index contributed by atoms with van der Waals surface area (Å²) in [5.74, 6) is 7.58. The zero-order valence-electron chi connectivity index (χ0n) is 14.8. The van der Waals surface area contributed by atoms with Crippen LogP contribution in [0.5, 0.6) is 0 Å². The Balaban J connectivity index is 1.74. The van der Waals surface area contributed by atoms with Gasteiger partial charge in [0.15, 0.2) is 0 Å². The van der Waals surface area contributed by atoms with Gasteiger partial charge >= 0.3 is 0 Å². The monoisotopic (exact) mass is 290 g/mol. The lowest BCUT2D eigenvalue weighted by atomic mass is 9.56. The fourth-order valence-corrected chi connectivity index (χ4v) is 6.70. The number of hydrogen-bond acceptors (Lipinski definition) is 0. The summed E-state index contributed by atoms with van der Waals surface area (Å²) in [6.07, 6.45) is 16.8. The van der Waals surface area contributed by atoms with E-state index in [1.165, 1.54) is 19.3 Å². The first-order valence-corrected chi connectivity index (χ1v) is 10.2. The van der Waals surface area contributed by atoms with Crippen LogP contribution in [0.3, 0.4) is 0 Å². The lowest BCUT2D eigenvalue weighted by molar-refractivity contribution is -0.00196. The van der Waals surface area contributed by atoms with E-state index in [0.717, 1.165) is 41.4 Å². The Bertz CT molecular complexity index is 312. The van der Waals surface area contributed by atoms with Crippen LogP contribution in [-0.2, 0) is 0 Å². The van der Waals surface area contributed by atoms with Crippen LogP contribution in [0, 0.1) is 41.4 Å². The highest BCUT2D eigenvalue weighted by Gasteiger charge is 2.47. The fraction of sp³-hybridized carbons (Fsp3) is 1.00. The number of fused-ring (bicyclic) bond motifs is 1. The molecule has 0 saturated heterocycles. The third-order valence-electron chi connectivity index (χ3n) is 7.75. The quantitative estimate of drug-likeness (QED) is 0.541. The van der Waals surface area contributed by atoms with Crippen molar-refractivity contribution >= 4 is 0 Å². The van der Waals surface area contributed by atoms with Crippen LogP contribution in [0.25, 0.3) is 0 Å². The van der Waals surface area contributed by atoms with Gasteiger partial charge in [-0.2, -0.15) is 0 Å². The van der Waals surface area contributed by atoms with Gasteiger partial charge in [0.05, 0.1) is 0 Å². The molecule has 3 saturated carbocycles. The molecule has 0 aromatic carbocycles. The first-order valence-electron chi connectivity index (χ1n) is 10.2. The standard InChI is InChI=1S/C21H38/c1-4-7-19-15(3)14-18-8-6-9-20(18)21(19)17-12-10-16(5-2)11-13-17/h15-21H,4-14H2,1-3H3. The predicted octanol–water partition coefficient (Wildman–Crippen LogP) is 6.69. The fourth-order valence-electron chi connectivity index (χ4n) is 6.70. The van der Waals surface area contributed by atoms with E-state index >= 15 is 0 Å². The summed E-state index contributed by atoms with van der Waals surface area (Å²) >= 11 is 0. The molecule has 21 heavy (non-hydrogen) atoms. The summed E-state index contributed by atoms with van der Waals surface area (Å²) in [4.78, 5) is 0. The van der Waals surface area contributed by atoms with Crippen LogP contribution in [0.15, 0.2) is 0 Å². The summed E-state index contributed by atoms with van der Waals surface area (Å²) < 4.78 is 0. The van der Waals surface area contributed by atoms with Gasteiger partial charge in [-0.3, -0.25) is 0 Å². The highest BCUT2D eigenvalue weighted by molar-refractivity contribution is 4.97. The maximum atomic E-state index is 2.60. The Morgan fingerprint density at radius 1 is 0.857 bits per heavy atom. The van der Waals surface area contributed by atoms with Crippen molar-refractivity contribution in [2.75, 3.05) is 0 Å². The normalized spacial score (nSPS) is 47.3. The maximum Gasteiger partial charge on any atom is -0.0324 e. The van der Waals surface area contributed by atoms with Gasteiger partial charge in [-0.1, -0.05) is 65.7 Å². The molecule has 0 aromatic rings. The Morgan fingerprint density at radius 3 is 2.29 bits per heavy atom. The molecule has 5 unspecified atom stereocenters. The molecule has 0 bridgehead atoms. The molecule has 0 heterocycles. The van der Waals surface area contributed by atoms with Crippen LogP contribution in [0.4, 0.5) is 0 Å². The van der Waals surface area contributed by atoms with Crippen molar-refractivity contribution in [3.05, 3.63) is 0 Å². The highest BCUT2D eigenvalue weighted by atomic mass is 14.5. The molecule has 3 aliphatic rings. The van der Waals surface area contributed by atoms with Crippen molar-refractivity contribution in [1.29, 1.82) is 0 Å². The van der Waals surface area contributed by atoms with Crippen LogP contribution < -0.4 is 0 Å². The molecular formula is C21H38. The molecule has 0 aromatic heterocycles. The van der Waals surface area contributed by atoms with E-state index in [1.807, 2.05) is 0 Å². The van der Waals surface area contributed by atoms with Gasteiger partial charge in [0.1, 0.15) is 0 Å². The average molecular weight is 291 g/mol. The molecule has 122 valence electrons. The third-order valence-corrected chi connectivity index (χ3v) is 7.75. The molecule has 0 amide bonds. The van der Waals surface area contributed by atoms with Crippen LogP contribution in [-0.4, -0.2) is 0 Å². The molecule has 0 nitrogen and oxygen atoms in total. The summed E-state index contributed by atoms with van der Waals surface area (Å²) in [7, 11) is 0. The lowest BCUT2D eigenvalue weighted by Crippen LogP contribution is -2.42. The molecule has 0 N–H and O–H groups in total. The molecule has 5 atom stereocenters. The number of hydrogen-bond donors (Lipinski definition) is 0. The van der Waals surface area contributed by atoms with Gasteiger partial charge < -0.3 is 0 Å². The van der Waals surface area contributed by atoms with Gasteiger partial charge in [-0.15, -0.1) is 0 Å². The predicted molar refractivity (Wildman–Crippen MR) is 92.2 cm³/mol. The van der Waals surface area contributed by atoms with Crippen LogP contribution in [0.1, 0.15) is 91.4 Å². The Morgan fingerprint density at radius 2 is 1.62 bits per heavy atom. The molecule has 0 spiro atoms. The molecule has 0 radical (unpaired) electrons. The minimum Gasteiger partial charge on any atom is -0.0654 e. The molecular weight excluding hydrogens is 252 g/mol. The summed E-state index contributed by atoms with van der Waals surface area (Å²) in [6.45, 7) is 7.42. The summed E-state index contributed by atoms with van der Waals surface area (Å²) in [5, 5.41) is 0. The van der Waals surface area contributed by atoms with E-state index in [0.29, 0.717) is 0 Å². The largest absolute Gasteiger partial charge is 0.0654 e. The maximum absolute atomic E-state index is 2.60. The second-order valence-electron chi connectivity index (χ2n) is 8.79. The van der Waals surface area contributed by atoms with Crippen LogP contribution in [0.2, 0.25) is 0 Å². The first kappa shape index (κ1) is 15.9. The number of rotatable bonds is 4. The van der Waals surface area contributed by atoms with E-state index in [1.54, 1.807) is 51.4 Å². The van der Waals surface area contributed by atoms with Crippen molar-refractivity contribution in [3.8, 4) is 0 Å². The van der Waals surface area contributed by atoms with Gasteiger partial charge in [0.25, 0.3) is 0 Å². The van der Waals surface area contributed by atoms with Crippen molar-refractivity contribution in [3.63, 3.8) is 0 Å². The first-order chi connectivity index (χ1) is 10.2. The topological polar surface area (TPSA) is 0 Å². The molecule has 3 fully saturated rings. The molecule has 3 rings (SSSR count). The molecule has 3 aliphatic carbocycles. The van der Waals surface area contributed by atoms with Gasteiger partial charge in [-0.05, 0) is 67.1 Å². The third kappa shape index (κ3) is 3.20. The van der Waals surface area contributed by atoms with E-state index in [2.05, 4.69) is 20.8 Å². The minimum atomic E-state index is 1.01. The average Bonchev–Trinajstić information content (AvgIpc) is 2.96. The second kappa shape index (κ2) is 7.05.